The van der Waals surface area contributed by atoms with E-state index in [1.807, 2.05) is 60.9 Å². The number of hydrogen-bond donors (Lipinski definition) is 0. The second-order valence-corrected chi connectivity index (χ2v) is 14.6. The highest BCUT2D eigenvalue weighted by atomic mass is 33.9. The van der Waals surface area contributed by atoms with E-state index in [1.165, 1.54) is 5.56 Å². The molecule has 0 spiro atoms. The summed E-state index contributed by atoms with van der Waals surface area (Å²) in [4.78, 5) is 0. The molecule has 0 radical (unpaired) electrons. The quantitative estimate of drug-likeness (QED) is 0.508. The van der Waals surface area contributed by atoms with Gasteiger partial charge in [-0.05, 0) is 50.3 Å². The molecule has 0 N–H and O–H groups in total. The van der Waals surface area contributed by atoms with Crippen LogP contribution in [0.15, 0.2) is 30.3 Å². The molecule has 1 heterocycles. The van der Waals surface area contributed by atoms with Crippen molar-refractivity contribution in [2.24, 2.45) is 5.41 Å². The highest BCUT2D eigenvalue weighted by molar-refractivity contribution is 9.44. The number of benzene rings is 1. The number of rotatable bonds is 1. The van der Waals surface area contributed by atoms with Crippen LogP contribution in [0.3, 0.4) is 0 Å². The normalized spacial score (nSPS) is 20.9. The molecular formula is C11H14S6. The van der Waals surface area contributed by atoms with E-state index in [-0.39, 0.29) is 9.49 Å². The van der Waals surface area contributed by atoms with E-state index < -0.39 is 0 Å². The van der Waals surface area contributed by atoms with Crippen molar-refractivity contribution in [3.63, 3.8) is 0 Å². The minimum Gasteiger partial charge on any atom is -0.0622 e. The highest BCUT2D eigenvalue weighted by Gasteiger charge is 2.47. The van der Waals surface area contributed by atoms with E-state index in [4.69, 9.17) is 0 Å². The maximum atomic E-state index is 2.34. The van der Waals surface area contributed by atoms with Gasteiger partial charge in [0.2, 0.25) is 0 Å². The average Bonchev–Trinajstić information content (AvgIpc) is 2.55. The Kier molecular flexibility index (Phi) is 5.35. The average molecular weight is 339 g/mol. The molecule has 0 bridgehead atoms. The molecule has 2 rings (SSSR count). The lowest BCUT2D eigenvalue weighted by Crippen LogP contribution is -2.32. The molecule has 0 nitrogen and oxygen atoms in total. The smallest absolute Gasteiger partial charge is 0.0622 e. The molecule has 94 valence electrons. The molecule has 0 aliphatic carbocycles. The standard InChI is InChI=1S/C11H14S6/c1-10(2,3)11(9-7-5-4-6-8-9)12-14-16-17-15-13-11/h4-8H,1-3H3. The van der Waals surface area contributed by atoms with E-state index >= 15 is 0 Å². The third kappa shape index (κ3) is 3.26. The summed E-state index contributed by atoms with van der Waals surface area (Å²) >= 11 is 0. The van der Waals surface area contributed by atoms with Gasteiger partial charge in [-0.15, -0.1) is 0 Å². The van der Waals surface area contributed by atoms with Gasteiger partial charge in [-0.3, -0.25) is 0 Å². The van der Waals surface area contributed by atoms with Crippen LogP contribution >= 0.6 is 60.9 Å². The Bertz CT molecular complexity index is 350. The van der Waals surface area contributed by atoms with Gasteiger partial charge >= 0.3 is 0 Å². The Hall–Kier alpha value is 1.32. The van der Waals surface area contributed by atoms with Crippen LogP contribution in [-0.2, 0) is 4.08 Å². The predicted octanol–water partition coefficient (Wildman–Crippen LogP) is 6.87. The molecule has 1 saturated heterocycles. The second kappa shape index (κ2) is 6.18. The molecule has 1 aliphatic rings. The maximum absolute atomic E-state index is 2.34. The van der Waals surface area contributed by atoms with Gasteiger partial charge in [-0.25, -0.2) is 0 Å². The summed E-state index contributed by atoms with van der Waals surface area (Å²) in [6.45, 7) is 7.01. The number of hydrogen-bond acceptors (Lipinski definition) is 6. The van der Waals surface area contributed by atoms with Gasteiger partial charge in [0.05, 0.1) is 0 Å². The summed E-state index contributed by atoms with van der Waals surface area (Å²) in [5, 5.41) is 0. The minimum absolute atomic E-state index is 0.111. The zero-order valence-electron chi connectivity index (χ0n) is 9.84. The van der Waals surface area contributed by atoms with Gasteiger partial charge in [0.25, 0.3) is 0 Å². The first-order chi connectivity index (χ1) is 8.06. The summed E-state index contributed by atoms with van der Waals surface area (Å²) in [6.07, 6.45) is 0. The van der Waals surface area contributed by atoms with Gasteiger partial charge in [-0.1, -0.05) is 72.7 Å². The molecule has 1 aromatic carbocycles. The first-order valence-corrected chi connectivity index (χ1v) is 12.6. The molecule has 0 amide bonds. The van der Waals surface area contributed by atoms with Crippen LogP contribution in [0.2, 0.25) is 0 Å². The van der Waals surface area contributed by atoms with Crippen molar-refractivity contribution in [3.05, 3.63) is 35.9 Å². The Balaban J connectivity index is 2.43. The van der Waals surface area contributed by atoms with E-state index in [0.29, 0.717) is 0 Å². The zero-order chi connectivity index (χ0) is 12.4. The van der Waals surface area contributed by atoms with Crippen LogP contribution in [0.25, 0.3) is 0 Å². The second-order valence-electron chi connectivity index (χ2n) is 4.67. The van der Waals surface area contributed by atoms with Crippen LogP contribution in [0, 0.1) is 5.41 Å². The lowest BCUT2D eigenvalue weighted by Gasteiger charge is -2.41. The van der Waals surface area contributed by atoms with Crippen molar-refractivity contribution in [3.8, 4) is 0 Å². The molecule has 0 atom stereocenters. The van der Waals surface area contributed by atoms with E-state index in [9.17, 15) is 0 Å². The highest BCUT2D eigenvalue weighted by Crippen LogP contribution is 2.73. The van der Waals surface area contributed by atoms with Gasteiger partial charge in [0.15, 0.2) is 0 Å². The first kappa shape index (κ1) is 14.7. The molecule has 1 fully saturated rings. The SMILES string of the molecule is CC(C)(C)C1(c2ccccc2)SSSSSS1. The van der Waals surface area contributed by atoms with Gasteiger partial charge in [0.1, 0.15) is 4.08 Å². The largest absolute Gasteiger partial charge is 0.113 e. The van der Waals surface area contributed by atoms with Crippen LogP contribution in [-0.4, -0.2) is 0 Å². The van der Waals surface area contributed by atoms with Crippen LogP contribution in [0.5, 0.6) is 0 Å². The Morgan fingerprint density at radius 3 is 1.82 bits per heavy atom. The molecule has 1 aliphatic heterocycles. The first-order valence-electron chi connectivity index (χ1n) is 5.15. The van der Waals surface area contributed by atoms with Crippen molar-refractivity contribution in [2.45, 2.75) is 24.9 Å². The minimum atomic E-state index is 0.111. The molecule has 0 saturated carbocycles. The van der Waals surface area contributed by atoms with Crippen LogP contribution in [0.4, 0.5) is 0 Å². The molecule has 0 aromatic heterocycles. The molecule has 0 unspecified atom stereocenters. The summed E-state index contributed by atoms with van der Waals surface area (Å²) < 4.78 is 0.111. The summed E-state index contributed by atoms with van der Waals surface area (Å²) in [7, 11) is 11.5. The molecule has 6 heteroatoms. The summed E-state index contributed by atoms with van der Waals surface area (Å²) in [5.74, 6) is 0. The third-order valence-electron chi connectivity index (χ3n) is 2.53. The monoisotopic (exact) mass is 338 g/mol. The lowest BCUT2D eigenvalue weighted by molar-refractivity contribution is 0.376. The van der Waals surface area contributed by atoms with Crippen molar-refractivity contribution in [2.75, 3.05) is 0 Å². The molecule has 17 heavy (non-hydrogen) atoms. The van der Waals surface area contributed by atoms with Gasteiger partial charge < -0.3 is 0 Å². The fourth-order valence-corrected chi connectivity index (χ4v) is 17.5. The van der Waals surface area contributed by atoms with E-state index in [0.717, 1.165) is 0 Å². The third-order valence-corrected chi connectivity index (χ3v) is 15.8. The summed E-state index contributed by atoms with van der Waals surface area (Å²) in [6, 6.07) is 10.9. The van der Waals surface area contributed by atoms with Crippen molar-refractivity contribution in [1.29, 1.82) is 0 Å². The molecule has 1 aromatic rings. The van der Waals surface area contributed by atoms with E-state index in [2.05, 4.69) is 51.1 Å². The van der Waals surface area contributed by atoms with Crippen molar-refractivity contribution < 1.29 is 0 Å². The van der Waals surface area contributed by atoms with Crippen molar-refractivity contribution >= 4 is 60.9 Å². The fourth-order valence-electron chi connectivity index (χ4n) is 1.60. The lowest BCUT2D eigenvalue weighted by atomic mass is 9.86. The Morgan fingerprint density at radius 1 is 0.824 bits per heavy atom. The fraction of sp³-hybridized carbons (Fsp3) is 0.455. The van der Waals surface area contributed by atoms with Gasteiger partial charge in [0, 0.05) is 0 Å². The molecular weight excluding hydrogens is 325 g/mol. The maximum Gasteiger partial charge on any atom is 0.113 e. The van der Waals surface area contributed by atoms with Crippen LogP contribution in [0.1, 0.15) is 26.3 Å². The Morgan fingerprint density at radius 2 is 1.35 bits per heavy atom. The predicted molar refractivity (Wildman–Crippen MR) is 93.1 cm³/mol. The van der Waals surface area contributed by atoms with E-state index in [1.54, 1.807) is 0 Å². The zero-order valence-corrected chi connectivity index (χ0v) is 14.7. The van der Waals surface area contributed by atoms with Crippen LogP contribution < -0.4 is 0 Å². The topological polar surface area (TPSA) is 0 Å². The van der Waals surface area contributed by atoms with Gasteiger partial charge in [-0.2, -0.15) is 0 Å². The van der Waals surface area contributed by atoms with Crippen molar-refractivity contribution in [1.82, 2.24) is 0 Å². The Labute approximate surface area is 126 Å². The summed E-state index contributed by atoms with van der Waals surface area (Å²) in [5.41, 5.74) is 1.64.